The molecule has 3 aliphatic rings. The maximum absolute atomic E-state index is 14.0. The minimum Gasteiger partial charge on any atom is -0.489 e. The molecule has 0 spiro atoms. The van der Waals surface area contributed by atoms with Crippen LogP contribution in [0.2, 0.25) is 0 Å². The Morgan fingerprint density at radius 2 is 1.80 bits per heavy atom. The minimum absolute atomic E-state index is 0.0500. The molecule has 2 unspecified atom stereocenters. The Balaban J connectivity index is 1.11. The van der Waals surface area contributed by atoms with Gasteiger partial charge < -0.3 is 15.0 Å². The van der Waals surface area contributed by atoms with E-state index in [9.17, 15) is 18.8 Å². The first-order chi connectivity index (χ1) is 19.7. The van der Waals surface area contributed by atoms with Crippen LogP contribution in [-0.2, 0) is 0 Å². The summed E-state index contributed by atoms with van der Waals surface area (Å²) in [7, 11) is 0. The predicted octanol–water partition coefficient (Wildman–Crippen LogP) is 4.80. The summed E-state index contributed by atoms with van der Waals surface area (Å²) in [5.74, 6) is -1.06. The number of hydrogen-bond acceptors (Lipinski definition) is 6. The summed E-state index contributed by atoms with van der Waals surface area (Å²) in [5.41, 5.74) is 3.23. The fourth-order valence-electron chi connectivity index (χ4n) is 5.59. The Bertz CT molecular complexity index is 1420. The molecule has 1 amide bonds. The van der Waals surface area contributed by atoms with Crippen LogP contribution in [0.15, 0.2) is 78.4 Å². The molecule has 0 bridgehead atoms. The van der Waals surface area contributed by atoms with Gasteiger partial charge in [0.15, 0.2) is 11.6 Å². The third kappa shape index (κ3) is 6.33. The zero-order chi connectivity index (χ0) is 29.1. The first kappa shape index (κ1) is 28.5. The fraction of sp³-hybridized carbons (Fsp3) is 0.364. The molecular formula is C33H36FN3O4. The Morgan fingerprint density at radius 3 is 2.51 bits per heavy atom. The largest absolute Gasteiger partial charge is 0.489 e. The average Bonchev–Trinajstić information content (AvgIpc) is 3.47. The zero-order valence-corrected chi connectivity index (χ0v) is 23.6. The predicted molar refractivity (Wildman–Crippen MR) is 158 cm³/mol. The van der Waals surface area contributed by atoms with Crippen molar-refractivity contribution in [3.63, 3.8) is 0 Å². The number of allylic oxidation sites excluding steroid dienone is 4. The van der Waals surface area contributed by atoms with Crippen LogP contribution in [0.4, 0.5) is 10.1 Å². The number of ketones is 2. The highest BCUT2D eigenvalue weighted by Crippen LogP contribution is 2.34. The molecule has 0 saturated carbocycles. The Labute approximate surface area is 240 Å². The van der Waals surface area contributed by atoms with Crippen molar-refractivity contribution in [2.24, 2.45) is 5.92 Å². The Morgan fingerprint density at radius 1 is 1.07 bits per heavy atom. The number of hydrogen-bond donors (Lipinski definition) is 1. The number of piperazine rings is 1. The lowest BCUT2D eigenvalue weighted by Crippen LogP contribution is -2.47. The first-order valence-electron chi connectivity index (χ1n) is 14.1. The van der Waals surface area contributed by atoms with Gasteiger partial charge >= 0.3 is 0 Å². The lowest BCUT2D eigenvalue weighted by molar-refractivity contribution is 0.0836. The van der Waals surface area contributed by atoms with Crippen molar-refractivity contribution in [2.75, 3.05) is 44.2 Å². The molecule has 7 nitrogen and oxygen atoms in total. The molecule has 2 atom stereocenters. The van der Waals surface area contributed by atoms with Crippen LogP contribution in [0.3, 0.4) is 0 Å². The molecule has 41 heavy (non-hydrogen) atoms. The SMILES string of the molecule is C=C(CNC(=O)c1ccc2c(c1)C(=O)C(CC1=CC=CC1F)C2=O)CN1CCN(c2ccccc2OC(C)C)CC1. The van der Waals surface area contributed by atoms with Crippen LogP contribution >= 0.6 is 0 Å². The van der Waals surface area contributed by atoms with Gasteiger partial charge in [-0.05, 0) is 67.8 Å². The van der Waals surface area contributed by atoms with Gasteiger partial charge in [0.2, 0.25) is 0 Å². The molecular weight excluding hydrogens is 521 g/mol. The molecule has 1 N–H and O–H groups in total. The van der Waals surface area contributed by atoms with Gasteiger partial charge in [-0.15, -0.1) is 0 Å². The van der Waals surface area contributed by atoms with Crippen molar-refractivity contribution in [3.8, 4) is 5.75 Å². The average molecular weight is 558 g/mol. The molecule has 1 heterocycles. The standard InChI is InChI=1S/C33H36FN3O4/c1-21(2)41-30-10-5-4-9-29(30)37-15-13-36(14-16-37)20-22(3)19-35-33(40)24-11-12-25-26(18-24)32(39)27(31(25)38)17-23-7-6-8-28(23)34/h4-12,18,21,27-28H,3,13-17,19-20H2,1-2H3,(H,35,40). The number of fused-ring (bicyclic) bond motifs is 1. The third-order valence-electron chi connectivity index (χ3n) is 7.72. The quantitative estimate of drug-likeness (QED) is 0.334. The number of ether oxygens (including phenoxy) is 1. The summed E-state index contributed by atoms with van der Waals surface area (Å²) in [4.78, 5) is 43.4. The summed E-state index contributed by atoms with van der Waals surface area (Å²) in [6.45, 7) is 12.6. The van der Waals surface area contributed by atoms with E-state index < -0.39 is 12.1 Å². The summed E-state index contributed by atoms with van der Waals surface area (Å²) in [6.07, 6.45) is 3.49. The molecule has 2 aliphatic carbocycles. The van der Waals surface area contributed by atoms with Crippen molar-refractivity contribution in [3.05, 3.63) is 95.1 Å². The van der Waals surface area contributed by atoms with E-state index in [0.29, 0.717) is 29.8 Å². The summed E-state index contributed by atoms with van der Waals surface area (Å²) in [6, 6.07) is 12.7. The van der Waals surface area contributed by atoms with Gasteiger partial charge in [0.25, 0.3) is 5.91 Å². The van der Waals surface area contributed by atoms with E-state index in [1.807, 2.05) is 32.0 Å². The zero-order valence-electron chi connectivity index (χ0n) is 23.6. The fourth-order valence-corrected chi connectivity index (χ4v) is 5.59. The normalized spacial score (nSPS) is 20.4. The number of alkyl halides is 1. The highest BCUT2D eigenvalue weighted by atomic mass is 19.1. The molecule has 0 radical (unpaired) electrons. The van der Waals surface area contributed by atoms with Gasteiger partial charge in [-0.3, -0.25) is 19.3 Å². The van der Waals surface area contributed by atoms with Gasteiger partial charge in [0.1, 0.15) is 11.9 Å². The van der Waals surface area contributed by atoms with Crippen molar-refractivity contribution in [2.45, 2.75) is 32.5 Å². The highest BCUT2D eigenvalue weighted by Gasteiger charge is 2.40. The number of nitrogens with zero attached hydrogens (tertiary/aromatic N) is 2. The Kier molecular flexibility index (Phi) is 8.49. The van der Waals surface area contributed by atoms with Crippen LogP contribution in [-0.4, -0.2) is 73.9 Å². The lowest BCUT2D eigenvalue weighted by atomic mass is 9.93. The first-order valence-corrected chi connectivity index (χ1v) is 14.1. The second-order valence-corrected chi connectivity index (χ2v) is 11.1. The van der Waals surface area contributed by atoms with Gasteiger partial charge in [-0.2, -0.15) is 0 Å². The minimum atomic E-state index is -1.27. The van der Waals surface area contributed by atoms with E-state index in [4.69, 9.17) is 4.74 Å². The number of Topliss-reactive ketones (excluding diaryl/α,β-unsaturated/α-hetero) is 2. The van der Waals surface area contributed by atoms with Crippen molar-refractivity contribution < 1.29 is 23.5 Å². The maximum atomic E-state index is 14.0. The van der Waals surface area contributed by atoms with Crippen molar-refractivity contribution in [1.29, 1.82) is 0 Å². The van der Waals surface area contributed by atoms with Gasteiger partial charge in [-0.1, -0.05) is 30.9 Å². The summed E-state index contributed by atoms with van der Waals surface area (Å²) in [5, 5.41) is 2.89. The van der Waals surface area contributed by atoms with Crippen molar-refractivity contribution in [1.82, 2.24) is 10.2 Å². The van der Waals surface area contributed by atoms with E-state index in [1.165, 1.54) is 18.2 Å². The number of amides is 1. The second kappa shape index (κ2) is 12.2. The molecule has 1 aliphatic heterocycles. The molecule has 8 heteroatoms. The Hall–Kier alpha value is -4.04. The molecule has 2 aromatic carbocycles. The monoisotopic (exact) mass is 557 g/mol. The lowest BCUT2D eigenvalue weighted by Gasteiger charge is -2.37. The van der Waals surface area contributed by atoms with E-state index in [-0.39, 0.29) is 35.6 Å². The van der Waals surface area contributed by atoms with Crippen LogP contribution in [0, 0.1) is 5.92 Å². The van der Waals surface area contributed by atoms with E-state index in [1.54, 1.807) is 18.2 Å². The van der Waals surface area contributed by atoms with Crippen LogP contribution < -0.4 is 15.0 Å². The molecule has 5 rings (SSSR count). The van der Waals surface area contributed by atoms with E-state index in [0.717, 1.165) is 43.2 Å². The molecule has 2 aromatic rings. The number of benzene rings is 2. The number of carbonyl (C=O) groups excluding carboxylic acids is 3. The number of para-hydroxylation sites is 2. The van der Waals surface area contributed by atoms with Gasteiger partial charge in [-0.25, -0.2) is 4.39 Å². The number of carbonyl (C=O) groups is 3. The topological polar surface area (TPSA) is 79.0 Å². The molecule has 0 aromatic heterocycles. The second-order valence-electron chi connectivity index (χ2n) is 11.1. The number of anilines is 1. The van der Waals surface area contributed by atoms with Gasteiger partial charge in [0, 0.05) is 56.0 Å². The van der Waals surface area contributed by atoms with Crippen LogP contribution in [0.25, 0.3) is 0 Å². The van der Waals surface area contributed by atoms with Crippen LogP contribution in [0.1, 0.15) is 51.3 Å². The van der Waals surface area contributed by atoms with E-state index >= 15 is 0 Å². The van der Waals surface area contributed by atoms with Crippen LogP contribution in [0.5, 0.6) is 5.75 Å². The smallest absolute Gasteiger partial charge is 0.251 e. The van der Waals surface area contributed by atoms with E-state index in [2.05, 4.69) is 27.8 Å². The summed E-state index contributed by atoms with van der Waals surface area (Å²) >= 11 is 0. The molecule has 1 saturated heterocycles. The summed E-state index contributed by atoms with van der Waals surface area (Å²) < 4.78 is 20.0. The number of halogens is 1. The number of nitrogens with one attached hydrogen (secondary N) is 1. The van der Waals surface area contributed by atoms with Crippen molar-refractivity contribution >= 4 is 23.2 Å². The maximum Gasteiger partial charge on any atom is 0.251 e. The molecule has 1 fully saturated rings. The highest BCUT2D eigenvalue weighted by molar-refractivity contribution is 6.27. The third-order valence-corrected chi connectivity index (χ3v) is 7.72. The molecule has 214 valence electrons. The number of rotatable bonds is 10. The van der Waals surface area contributed by atoms with Gasteiger partial charge in [0.05, 0.1) is 17.7 Å².